The van der Waals surface area contributed by atoms with Crippen LogP contribution in [0.1, 0.15) is 56.5 Å². The molecule has 2 heterocycles. The number of aromatic nitrogens is 3. The first-order valence-electron chi connectivity index (χ1n) is 12.4. The van der Waals surface area contributed by atoms with Gasteiger partial charge in [0.2, 0.25) is 0 Å². The number of hydrogen-bond acceptors (Lipinski definition) is 6. The standard InChI is InChI=1S/C29H34N4O3S/c1-6-20(4)15-26-25(18-32-33(26)23-11-9-21(5)10-12-23)24(7-2)29(35)31-17-22-13-14-30-27(16-22)37-19-28(34)36-8-3/h7,9-16,18H,6,8,17,19H2,1-5H3,(H,31,35)/b20-15+,24-7+. The van der Waals surface area contributed by atoms with Crippen molar-refractivity contribution in [1.82, 2.24) is 20.1 Å². The maximum Gasteiger partial charge on any atom is 0.316 e. The fraction of sp³-hybridized carbons (Fsp3) is 0.310. The van der Waals surface area contributed by atoms with Gasteiger partial charge >= 0.3 is 5.97 Å². The molecule has 0 aliphatic heterocycles. The van der Waals surface area contributed by atoms with Crippen molar-refractivity contribution in [3.63, 3.8) is 0 Å². The summed E-state index contributed by atoms with van der Waals surface area (Å²) in [6, 6.07) is 11.9. The number of aryl methyl sites for hydroxylation is 1. The molecule has 2 aromatic heterocycles. The van der Waals surface area contributed by atoms with E-state index in [0.717, 1.165) is 28.9 Å². The Kier molecular flexibility index (Phi) is 10.3. The second-order valence-corrected chi connectivity index (χ2v) is 9.51. The van der Waals surface area contributed by atoms with Crippen molar-refractivity contribution < 1.29 is 14.3 Å². The zero-order valence-electron chi connectivity index (χ0n) is 22.1. The van der Waals surface area contributed by atoms with Crippen molar-refractivity contribution in [3.8, 4) is 5.69 Å². The molecule has 0 saturated heterocycles. The molecular weight excluding hydrogens is 484 g/mol. The van der Waals surface area contributed by atoms with E-state index in [4.69, 9.17) is 4.74 Å². The summed E-state index contributed by atoms with van der Waals surface area (Å²) in [5.41, 5.74) is 6.39. The number of nitrogens with zero attached hydrogens (tertiary/aromatic N) is 3. The molecule has 1 amide bonds. The van der Waals surface area contributed by atoms with Gasteiger partial charge in [-0.05, 0) is 70.0 Å². The third kappa shape index (κ3) is 7.67. The Morgan fingerprint density at radius 2 is 1.92 bits per heavy atom. The number of rotatable bonds is 11. The average Bonchev–Trinajstić information content (AvgIpc) is 3.30. The molecule has 0 spiro atoms. The average molecular weight is 519 g/mol. The highest BCUT2D eigenvalue weighted by molar-refractivity contribution is 7.99. The van der Waals surface area contributed by atoms with Crippen LogP contribution in [-0.4, -0.2) is 39.0 Å². The first kappa shape index (κ1) is 27.9. The molecule has 0 unspecified atom stereocenters. The minimum absolute atomic E-state index is 0.188. The first-order valence-corrected chi connectivity index (χ1v) is 13.3. The molecule has 0 radical (unpaired) electrons. The van der Waals surface area contributed by atoms with Crippen molar-refractivity contribution in [1.29, 1.82) is 0 Å². The number of ether oxygens (including phenoxy) is 1. The molecule has 3 aromatic rings. The van der Waals surface area contributed by atoms with Crippen LogP contribution in [0.2, 0.25) is 0 Å². The Labute approximate surface area is 223 Å². The summed E-state index contributed by atoms with van der Waals surface area (Å²) >= 11 is 1.31. The van der Waals surface area contributed by atoms with E-state index in [0.29, 0.717) is 23.8 Å². The zero-order valence-corrected chi connectivity index (χ0v) is 22.9. The van der Waals surface area contributed by atoms with E-state index in [1.807, 2.05) is 61.0 Å². The quantitative estimate of drug-likeness (QED) is 0.197. The molecule has 7 nitrogen and oxygen atoms in total. The molecule has 37 heavy (non-hydrogen) atoms. The number of benzene rings is 1. The van der Waals surface area contributed by atoms with Crippen LogP contribution in [0.4, 0.5) is 0 Å². The van der Waals surface area contributed by atoms with E-state index >= 15 is 0 Å². The van der Waals surface area contributed by atoms with Crippen LogP contribution < -0.4 is 5.32 Å². The lowest BCUT2D eigenvalue weighted by Crippen LogP contribution is -2.24. The van der Waals surface area contributed by atoms with Gasteiger partial charge in [0.15, 0.2) is 0 Å². The number of amides is 1. The molecule has 194 valence electrons. The van der Waals surface area contributed by atoms with Gasteiger partial charge in [0, 0.05) is 23.9 Å². The summed E-state index contributed by atoms with van der Waals surface area (Å²) in [4.78, 5) is 29.2. The van der Waals surface area contributed by atoms with Gasteiger partial charge in [-0.25, -0.2) is 9.67 Å². The molecule has 1 aromatic carbocycles. The summed E-state index contributed by atoms with van der Waals surface area (Å²) in [5, 5.41) is 8.35. The van der Waals surface area contributed by atoms with Gasteiger partial charge in [-0.15, -0.1) is 0 Å². The molecule has 0 aliphatic carbocycles. The zero-order chi connectivity index (χ0) is 26.8. The largest absolute Gasteiger partial charge is 0.465 e. The Morgan fingerprint density at radius 1 is 1.16 bits per heavy atom. The highest BCUT2D eigenvalue weighted by Gasteiger charge is 2.19. The second kappa shape index (κ2) is 13.6. The highest BCUT2D eigenvalue weighted by Crippen LogP contribution is 2.26. The Balaban J connectivity index is 1.79. The lowest BCUT2D eigenvalue weighted by Gasteiger charge is -2.12. The first-order chi connectivity index (χ1) is 17.9. The number of hydrogen-bond donors (Lipinski definition) is 1. The predicted molar refractivity (Wildman–Crippen MR) is 149 cm³/mol. The van der Waals surface area contributed by atoms with Gasteiger partial charge in [0.1, 0.15) is 0 Å². The van der Waals surface area contributed by atoms with Crippen LogP contribution in [0.25, 0.3) is 17.3 Å². The normalized spacial score (nSPS) is 11.9. The van der Waals surface area contributed by atoms with Gasteiger partial charge in [-0.2, -0.15) is 5.10 Å². The number of carbonyl (C=O) groups is 2. The SMILES string of the molecule is C/C=C(/C(=O)NCc1ccnc(SCC(=O)OCC)c1)c1cnn(-c2ccc(C)cc2)c1/C=C(\C)CC. The smallest absolute Gasteiger partial charge is 0.316 e. The number of allylic oxidation sites excluding steroid dienone is 2. The van der Waals surface area contributed by atoms with Crippen LogP contribution in [0.15, 0.2) is 65.5 Å². The number of nitrogens with one attached hydrogen (secondary N) is 1. The van der Waals surface area contributed by atoms with Crippen LogP contribution in [0.3, 0.4) is 0 Å². The van der Waals surface area contributed by atoms with Crippen molar-refractivity contribution in [2.45, 2.75) is 52.6 Å². The molecule has 0 aliphatic rings. The van der Waals surface area contributed by atoms with Gasteiger partial charge in [0.25, 0.3) is 5.91 Å². The Bertz CT molecular complexity index is 1290. The minimum atomic E-state index is -0.278. The maximum absolute atomic E-state index is 13.3. The van der Waals surface area contributed by atoms with E-state index in [-0.39, 0.29) is 17.6 Å². The van der Waals surface area contributed by atoms with Crippen molar-refractivity contribution in [2.24, 2.45) is 0 Å². The highest BCUT2D eigenvalue weighted by atomic mass is 32.2. The van der Waals surface area contributed by atoms with E-state index in [2.05, 4.69) is 35.3 Å². The number of pyridine rings is 1. The second-order valence-electron chi connectivity index (χ2n) is 8.52. The van der Waals surface area contributed by atoms with E-state index in [1.54, 1.807) is 19.3 Å². The maximum atomic E-state index is 13.3. The number of carbonyl (C=O) groups excluding carboxylic acids is 2. The fourth-order valence-corrected chi connectivity index (χ4v) is 4.31. The van der Waals surface area contributed by atoms with E-state index in [9.17, 15) is 9.59 Å². The Hall–Kier alpha value is -3.65. The van der Waals surface area contributed by atoms with Crippen LogP contribution >= 0.6 is 11.8 Å². The lowest BCUT2D eigenvalue weighted by molar-refractivity contribution is -0.139. The monoisotopic (exact) mass is 518 g/mol. The van der Waals surface area contributed by atoms with Crippen molar-refractivity contribution >= 4 is 35.3 Å². The fourth-order valence-electron chi connectivity index (χ4n) is 3.59. The van der Waals surface area contributed by atoms with Gasteiger partial charge in [-0.1, -0.05) is 48.0 Å². The van der Waals surface area contributed by atoms with Crippen molar-refractivity contribution in [3.05, 3.63) is 82.8 Å². The molecule has 0 bridgehead atoms. The molecule has 1 N–H and O–H groups in total. The molecule has 8 heteroatoms. The third-order valence-electron chi connectivity index (χ3n) is 5.74. The summed E-state index contributed by atoms with van der Waals surface area (Å²) in [6.07, 6.45) is 8.23. The summed E-state index contributed by atoms with van der Waals surface area (Å²) in [7, 11) is 0. The van der Waals surface area contributed by atoms with Crippen LogP contribution in [-0.2, 0) is 20.9 Å². The van der Waals surface area contributed by atoms with Gasteiger partial charge < -0.3 is 10.1 Å². The minimum Gasteiger partial charge on any atom is -0.465 e. The number of thioether (sulfide) groups is 1. The molecule has 0 saturated carbocycles. The van der Waals surface area contributed by atoms with E-state index in [1.165, 1.54) is 22.9 Å². The lowest BCUT2D eigenvalue weighted by atomic mass is 10.0. The van der Waals surface area contributed by atoms with E-state index < -0.39 is 0 Å². The topological polar surface area (TPSA) is 86.1 Å². The van der Waals surface area contributed by atoms with Crippen LogP contribution in [0, 0.1) is 6.92 Å². The molecule has 3 rings (SSSR count). The van der Waals surface area contributed by atoms with Crippen LogP contribution in [0.5, 0.6) is 0 Å². The predicted octanol–water partition coefficient (Wildman–Crippen LogP) is 5.76. The number of esters is 1. The Morgan fingerprint density at radius 3 is 2.59 bits per heavy atom. The third-order valence-corrected chi connectivity index (χ3v) is 6.64. The summed E-state index contributed by atoms with van der Waals surface area (Å²) < 4.78 is 6.84. The van der Waals surface area contributed by atoms with Crippen molar-refractivity contribution in [2.75, 3.05) is 12.4 Å². The molecule has 0 fully saturated rings. The summed E-state index contributed by atoms with van der Waals surface area (Å²) in [5.74, 6) is -0.273. The molecule has 0 atom stereocenters. The van der Waals surface area contributed by atoms with Gasteiger partial charge in [0.05, 0.1) is 35.0 Å². The summed E-state index contributed by atoms with van der Waals surface area (Å²) in [6.45, 7) is 10.5. The molecular formula is C29H34N4O3S. The van der Waals surface area contributed by atoms with Gasteiger partial charge in [-0.3, -0.25) is 9.59 Å².